The van der Waals surface area contributed by atoms with Crippen molar-refractivity contribution in [2.45, 2.75) is 12.1 Å². The standard InChI is InChI=1S/C4H8N2/c5-3-1-2-4(3)6/h1-4H,5-6H2/t3-,4-/m1/s1. The summed E-state index contributed by atoms with van der Waals surface area (Å²) in [6.45, 7) is 0. The minimum atomic E-state index is 0.130. The molecule has 0 bridgehead atoms. The lowest BCUT2D eigenvalue weighted by Crippen LogP contribution is -2.44. The highest BCUT2D eigenvalue weighted by Crippen LogP contribution is 2.00. The normalized spacial score (nSPS) is 42.3. The Bertz CT molecular complexity index is 67.6. The minimum absolute atomic E-state index is 0.130. The second kappa shape index (κ2) is 1.06. The van der Waals surface area contributed by atoms with Crippen molar-refractivity contribution in [3.8, 4) is 0 Å². The van der Waals surface area contributed by atoms with Crippen LogP contribution in [0.2, 0.25) is 0 Å². The molecule has 6 heavy (non-hydrogen) atoms. The van der Waals surface area contributed by atoms with Crippen molar-refractivity contribution in [3.05, 3.63) is 12.2 Å². The van der Waals surface area contributed by atoms with Gasteiger partial charge >= 0.3 is 0 Å². The van der Waals surface area contributed by atoms with Gasteiger partial charge in [0.1, 0.15) is 0 Å². The van der Waals surface area contributed by atoms with Crippen LogP contribution in [0, 0.1) is 0 Å². The molecule has 0 heterocycles. The molecule has 4 N–H and O–H groups in total. The summed E-state index contributed by atoms with van der Waals surface area (Å²) in [5.74, 6) is 0. The van der Waals surface area contributed by atoms with Crippen LogP contribution in [0.5, 0.6) is 0 Å². The summed E-state index contributed by atoms with van der Waals surface area (Å²) in [4.78, 5) is 0. The van der Waals surface area contributed by atoms with Crippen LogP contribution in [0.25, 0.3) is 0 Å². The smallest absolute Gasteiger partial charge is 0.0415 e. The molecule has 0 unspecified atom stereocenters. The van der Waals surface area contributed by atoms with Gasteiger partial charge in [0.15, 0.2) is 0 Å². The Balaban J connectivity index is 2.45. The Morgan fingerprint density at radius 1 is 1.00 bits per heavy atom. The summed E-state index contributed by atoms with van der Waals surface area (Å²) in [6, 6.07) is 0.259. The van der Waals surface area contributed by atoms with Crippen molar-refractivity contribution in [1.82, 2.24) is 0 Å². The van der Waals surface area contributed by atoms with E-state index in [0.717, 1.165) is 0 Å². The molecule has 0 amide bonds. The van der Waals surface area contributed by atoms with Crippen molar-refractivity contribution < 1.29 is 0 Å². The summed E-state index contributed by atoms with van der Waals surface area (Å²) in [7, 11) is 0. The van der Waals surface area contributed by atoms with Crippen LogP contribution in [0.4, 0.5) is 0 Å². The van der Waals surface area contributed by atoms with Crippen molar-refractivity contribution >= 4 is 0 Å². The fraction of sp³-hybridized carbons (Fsp3) is 0.500. The van der Waals surface area contributed by atoms with Gasteiger partial charge in [0.25, 0.3) is 0 Å². The monoisotopic (exact) mass is 84.1 g/mol. The lowest BCUT2D eigenvalue weighted by atomic mass is 10.00. The van der Waals surface area contributed by atoms with E-state index in [1.54, 1.807) is 0 Å². The topological polar surface area (TPSA) is 52.0 Å². The first kappa shape index (κ1) is 3.84. The Morgan fingerprint density at radius 2 is 1.33 bits per heavy atom. The van der Waals surface area contributed by atoms with Crippen LogP contribution in [0.15, 0.2) is 12.2 Å². The molecule has 0 aromatic rings. The van der Waals surface area contributed by atoms with Gasteiger partial charge in [0.05, 0.1) is 0 Å². The van der Waals surface area contributed by atoms with Crippen molar-refractivity contribution in [1.29, 1.82) is 0 Å². The molecule has 1 aliphatic carbocycles. The summed E-state index contributed by atoms with van der Waals surface area (Å²) in [6.07, 6.45) is 3.79. The molecule has 1 rings (SSSR count). The molecule has 1 aliphatic rings. The summed E-state index contributed by atoms with van der Waals surface area (Å²) in [5, 5.41) is 0. The zero-order valence-corrected chi connectivity index (χ0v) is 3.46. The van der Waals surface area contributed by atoms with E-state index in [2.05, 4.69) is 0 Å². The van der Waals surface area contributed by atoms with Crippen LogP contribution in [-0.2, 0) is 0 Å². The highest BCUT2D eigenvalue weighted by molar-refractivity contribution is 5.15. The van der Waals surface area contributed by atoms with Gasteiger partial charge in [-0.3, -0.25) is 0 Å². The van der Waals surface area contributed by atoms with E-state index in [4.69, 9.17) is 11.5 Å². The SMILES string of the molecule is N[C@@H]1C=C[C@H]1N. The minimum Gasteiger partial charge on any atom is -0.323 e. The molecular weight excluding hydrogens is 76.1 g/mol. The van der Waals surface area contributed by atoms with Gasteiger partial charge in [-0.25, -0.2) is 0 Å². The van der Waals surface area contributed by atoms with E-state index >= 15 is 0 Å². The number of hydrogen-bond donors (Lipinski definition) is 2. The number of rotatable bonds is 0. The number of hydrogen-bond acceptors (Lipinski definition) is 2. The maximum absolute atomic E-state index is 5.31. The molecule has 0 radical (unpaired) electrons. The van der Waals surface area contributed by atoms with E-state index in [0.29, 0.717) is 0 Å². The second-order valence-corrected chi connectivity index (χ2v) is 1.54. The molecule has 0 aromatic carbocycles. The summed E-state index contributed by atoms with van der Waals surface area (Å²) in [5.41, 5.74) is 10.6. The average molecular weight is 84.1 g/mol. The molecule has 0 aliphatic heterocycles. The predicted molar refractivity (Wildman–Crippen MR) is 25.1 cm³/mol. The van der Waals surface area contributed by atoms with E-state index in [1.807, 2.05) is 12.2 Å². The highest BCUT2D eigenvalue weighted by atomic mass is 14.8. The van der Waals surface area contributed by atoms with Crippen LogP contribution in [0.3, 0.4) is 0 Å². The quantitative estimate of drug-likeness (QED) is 0.378. The fourth-order valence-electron chi connectivity index (χ4n) is 0.368. The maximum atomic E-state index is 5.31. The lowest BCUT2D eigenvalue weighted by molar-refractivity contribution is 0.649. The Hall–Kier alpha value is -0.340. The van der Waals surface area contributed by atoms with E-state index < -0.39 is 0 Å². The van der Waals surface area contributed by atoms with Crippen LogP contribution < -0.4 is 11.5 Å². The first-order valence-electron chi connectivity index (χ1n) is 2.00. The van der Waals surface area contributed by atoms with Crippen molar-refractivity contribution in [2.24, 2.45) is 11.5 Å². The van der Waals surface area contributed by atoms with Gasteiger partial charge in [-0.1, -0.05) is 12.2 Å². The summed E-state index contributed by atoms with van der Waals surface area (Å²) >= 11 is 0. The van der Waals surface area contributed by atoms with Crippen LogP contribution in [-0.4, -0.2) is 12.1 Å². The molecule has 0 spiro atoms. The summed E-state index contributed by atoms with van der Waals surface area (Å²) < 4.78 is 0. The molecular formula is C4H8N2. The van der Waals surface area contributed by atoms with Crippen molar-refractivity contribution in [2.75, 3.05) is 0 Å². The van der Waals surface area contributed by atoms with Crippen molar-refractivity contribution in [3.63, 3.8) is 0 Å². The van der Waals surface area contributed by atoms with Gasteiger partial charge in [0.2, 0.25) is 0 Å². The van der Waals surface area contributed by atoms with E-state index in [-0.39, 0.29) is 12.1 Å². The predicted octanol–water partition coefficient (Wildman–Crippen LogP) is -0.789. The first-order valence-corrected chi connectivity index (χ1v) is 2.00. The average Bonchev–Trinajstić information content (AvgIpc) is 1.61. The number of nitrogens with two attached hydrogens (primary N) is 2. The van der Waals surface area contributed by atoms with Crippen LogP contribution >= 0.6 is 0 Å². The fourth-order valence-corrected chi connectivity index (χ4v) is 0.368. The lowest BCUT2D eigenvalue weighted by Gasteiger charge is -2.19. The van der Waals surface area contributed by atoms with Gasteiger partial charge in [-0.15, -0.1) is 0 Å². The molecule has 2 nitrogen and oxygen atoms in total. The Morgan fingerprint density at radius 3 is 1.33 bits per heavy atom. The van der Waals surface area contributed by atoms with Gasteiger partial charge < -0.3 is 11.5 Å². The third kappa shape index (κ3) is 0.345. The van der Waals surface area contributed by atoms with Gasteiger partial charge in [0, 0.05) is 12.1 Å². The Kier molecular flexibility index (Phi) is 0.680. The largest absolute Gasteiger partial charge is 0.323 e. The molecule has 2 heteroatoms. The maximum Gasteiger partial charge on any atom is 0.0415 e. The van der Waals surface area contributed by atoms with E-state index in [9.17, 15) is 0 Å². The Labute approximate surface area is 36.8 Å². The third-order valence-corrected chi connectivity index (χ3v) is 1.00. The molecule has 0 saturated heterocycles. The molecule has 34 valence electrons. The van der Waals surface area contributed by atoms with Gasteiger partial charge in [-0.2, -0.15) is 0 Å². The third-order valence-electron chi connectivity index (χ3n) is 1.00. The van der Waals surface area contributed by atoms with E-state index in [1.165, 1.54) is 0 Å². The first-order chi connectivity index (χ1) is 2.80. The zero-order valence-electron chi connectivity index (χ0n) is 3.46. The molecule has 0 fully saturated rings. The molecule has 2 atom stereocenters. The van der Waals surface area contributed by atoms with Gasteiger partial charge in [-0.05, 0) is 0 Å². The molecule has 0 saturated carbocycles. The molecule has 0 aromatic heterocycles. The second-order valence-electron chi connectivity index (χ2n) is 1.54. The van der Waals surface area contributed by atoms with Crippen LogP contribution in [0.1, 0.15) is 0 Å². The zero-order chi connectivity index (χ0) is 4.57. The highest BCUT2D eigenvalue weighted by Gasteiger charge is 2.13.